The summed E-state index contributed by atoms with van der Waals surface area (Å²) in [6, 6.07) is 0.638. The Hall–Kier alpha value is -2.05. The summed E-state index contributed by atoms with van der Waals surface area (Å²) in [5, 5.41) is 2.11. The molecule has 0 bridgehead atoms. The molecule has 17 heavy (non-hydrogen) atoms. The zero-order valence-corrected chi connectivity index (χ0v) is 9.00. The molecule has 5 nitrogen and oxygen atoms in total. The van der Waals surface area contributed by atoms with Crippen LogP contribution in [0.25, 0.3) is 0 Å². The molecule has 0 aromatic carbocycles. The first-order valence-electron chi connectivity index (χ1n) is 4.79. The third kappa shape index (κ3) is 3.78. The highest BCUT2D eigenvalue weighted by Gasteiger charge is 2.15. The van der Waals surface area contributed by atoms with E-state index in [0.717, 1.165) is 6.20 Å². The summed E-state index contributed by atoms with van der Waals surface area (Å²) >= 11 is 0. The Morgan fingerprint density at radius 1 is 1.47 bits per heavy atom. The molecule has 0 spiro atoms. The summed E-state index contributed by atoms with van der Waals surface area (Å²) in [4.78, 5) is 25.4. The van der Waals surface area contributed by atoms with Gasteiger partial charge in [0.2, 0.25) is 0 Å². The van der Waals surface area contributed by atoms with Gasteiger partial charge in [0.15, 0.2) is 0 Å². The Kier molecular flexibility index (Phi) is 4.50. The predicted octanol–water partition coefficient (Wildman–Crippen LogP) is 0.539. The van der Waals surface area contributed by atoms with Crippen LogP contribution in [0.4, 0.5) is 8.78 Å². The van der Waals surface area contributed by atoms with Crippen molar-refractivity contribution in [1.82, 2.24) is 10.3 Å². The van der Waals surface area contributed by atoms with Crippen LogP contribution >= 0.6 is 0 Å². The smallest absolute Gasteiger partial charge is 0.396 e. The van der Waals surface area contributed by atoms with Crippen LogP contribution in [-0.2, 0) is 20.9 Å². The monoisotopic (exact) mass is 244 g/mol. The number of ether oxygens (including phenoxy) is 1. The number of hydrogen-bond donors (Lipinski definition) is 1. The van der Waals surface area contributed by atoms with Gasteiger partial charge >= 0.3 is 11.9 Å². The largest absolute Gasteiger partial charge is 0.459 e. The predicted molar refractivity (Wildman–Crippen MR) is 52.6 cm³/mol. The zero-order valence-electron chi connectivity index (χ0n) is 9.00. The number of nitrogens with zero attached hydrogens (tertiary/aromatic N) is 1. The van der Waals surface area contributed by atoms with Crippen molar-refractivity contribution < 1.29 is 23.1 Å². The Bertz CT molecular complexity index is 438. The minimum absolute atomic E-state index is 0.0649. The second-order valence-electron chi connectivity index (χ2n) is 2.99. The molecular formula is C10H10F2N2O3. The summed E-state index contributed by atoms with van der Waals surface area (Å²) in [5.41, 5.74) is -0.163. The number of nitrogens with one attached hydrogen (secondary N) is 1. The molecule has 0 radical (unpaired) electrons. The summed E-state index contributed by atoms with van der Waals surface area (Å²) in [6.07, 6.45) is 0.814. The maximum Gasteiger partial charge on any atom is 0.396 e. The average molecular weight is 244 g/mol. The molecule has 0 aliphatic heterocycles. The number of pyridine rings is 1. The van der Waals surface area contributed by atoms with Crippen LogP contribution in [0.1, 0.15) is 12.6 Å². The van der Waals surface area contributed by atoms with Crippen LogP contribution in [-0.4, -0.2) is 23.5 Å². The molecule has 0 fully saturated rings. The van der Waals surface area contributed by atoms with E-state index >= 15 is 0 Å². The third-order valence-electron chi connectivity index (χ3n) is 1.76. The highest BCUT2D eigenvalue weighted by Crippen LogP contribution is 2.05. The molecule has 1 heterocycles. The van der Waals surface area contributed by atoms with E-state index in [2.05, 4.69) is 15.0 Å². The van der Waals surface area contributed by atoms with Gasteiger partial charge in [0.25, 0.3) is 0 Å². The Labute approximate surface area is 95.8 Å². The summed E-state index contributed by atoms with van der Waals surface area (Å²) in [5.74, 6) is -3.77. The summed E-state index contributed by atoms with van der Waals surface area (Å²) < 4.78 is 30.0. The van der Waals surface area contributed by atoms with Crippen molar-refractivity contribution in [3.8, 4) is 0 Å². The molecule has 7 heteroatoms. The first kappa shape index (κ1) is 13.0. The fraction of sp³-hybridized carbons (Fsp3) is 0.300. The van der Waals surface area contributed by atoms with E-state index in [1.165, 1.54) is 0 Å². The Morgan fingerprint density at radius 2 is 2.18 bits per heavy atom. The Morgan fingerprint density at radius 3 is 2.76 bits per heavy atom. The normalized spacial score (nSPS) is 9.82. The number of aromatic nitrogens is 1. The van der Waals surface area contributed by atoms with Gasteiger partial charge in [-0.2, -0.15) is 0 Å². The average Bonchev–Trinajstić information content (AvgIpc) is 2.27. The van der Waals surface area contributed by atoms with Crippen LogP contribution in [0.15, 0.2) is 12.3 Å². The lowest BCUT2D eigenvalue weighted by Gasteiger charge is -2.04. The maximum atomic E-state index is 13.1. The van der Waals surface area contributed by atoms with Gasteiger partial charge in [0.1, 0.15) is 11.6 Å². The molecule has 0 saturated heterocycles. The second kappa shape index (κ2) is 5.88. The van der Waals surface area contributed by atoms with Crippen LogP contribution < -0.4 is 5.32 Å². The molecule has 1 rings (SSSR count). The van der Waals surface area contributed by atoms with E-state index in [1.54, 1.807) is 6.92 Å². The molecule has 92 valence electrons. The number of carbonyl (C=O) groups is 2. The number of rotatable bonds is 3. The topological polar surface area (TPSA) is 68.3 Å². The van der Waals surface area contributed by atoms with Gasteiger partial charge in [-0.25, -0.2) is 13.6 Å². The number of halogens is 2. The molecule has 1 N–H and O–H groups in total. The van der Waals surface area contributed by atoms with Gasteiger partial charge in [0, 0.05) is 6.07 Å². The molecule has 0 unspecified atom stereocenters. The van der Waals surface area contributed by atoms with Crippen LogP contribution in [0, 0.1) is 11.6 Å². The van der Waals surface area contributed by atoms with Crippen molar-refractivity contribution in [1.29, 1.82) is 0 Å². The SMILES string of the molecule is CCOC(=O)C(=O)NCc1ncc(F)cc1F. The van der Waals surface area contributed by atoms with Gasteiger partial charge in [-0.3, -0.25) is 9.78 Å². The van der Waals surface area contributed by atoms with Gasteiger partial charge in [-0.05, 0) is 6.92 Å². The molecule has 0 saturated carbocycles. The molecule has 0 atom stereocenters. The fourth-order valence-electron chi connectivity index (χ4n) is 1.01. The first-order chi connectivity index (χ1) is 8.04. The van der Waals surface area contributed by atoms with Gasteiger partial charge in [-0.1, -0.05) is 0 Å². The molecule has 1 aromatic heterocycles. The van der Waals surface area contributed by atoms with E-state index in [4.69, 9.17) is 0 Å². The maximum absolute atomic E-state index is 13.1. The van der Waals surface area contributed by atoms with Crippen molar-refractivity contribution in [3.63, 3.8) is 0 Å². The first-order valence-corrected chi connectivity index (χ1v) is 4.79. The van der Waals surface area contributed by atoms with Crippen LogP contribution in [0.5, 0.6) is 0 Å². The quantitative estimate of drug-likeness (QED) is 0.622. The highest BCUT2D eigenvalue weighted by atomic mass is 19.1. The third-order valence-corrected chi connectivity index (χ3v) is 1.76. The van der Waals surface area contributed by atoms with E-state index in [9.17, 15) is 18.4 Å². The number of amides is 1. The molecule has 1 amide bonds. The van der Waals surface area contributed by atoms with E-state index in [1.807, 2.05) is 0 Å². The second-order valence-corrected chi connectivity index (χ2v) is 2.99. The van der Waals surface area contributed by atoms with Crippen molar-refractivity contribution in [2.45, 2.75) is 13.5 Å². The van der Waals surface area contributed by atoms with Crippen molar-refractivity contribution in [3.05, 3.63) is 29.6 Å². The standard InChI is InChI=1S/C10H10F2N2O3/c1-2-17-10(16)9(15)14-5-8-7(12)3-6(11)4-13-8/h3-4H,2,5H2,1H3,(H,14,15). The Balaban J connectivity index is 2.56. The lowest BCUT2D eigenvalue weighted by molar-refractivity contribution is -0.154. The van der Waals surface area contributed by atoms with E-state index < -0.39 is 23.5 Å². The van der Waals surface area contributed by atoms with E-state index in [-0.39, 0.29) is 18.8 Å². The minimum atomic E-state index is -1.06. The van der Waals surface area contributed by atoms with Gasteiger partial charge in [0.05, 0.1) is 25.0 Å². The minimum Gasteiger partial charge on any atom is -0.459 e. The number of carbonyl (C=O) groups excluding carboxylic acids is 2. The van der Waals surface area contributed by atoms with E-state index in [0.29, 0.717) is 6.07 Å². The number of hydrogen-bond acceptors (Lipinski definition) is 4. The lowest BCUT2D eigenvalue weighted by atomic mass is 10.3. The molecule has 1 aromatic rings. The highest BCUT2D eigenvalue weighted by molar-refractivity contribution is 6.32. The molecular weight excluding hydrogens is 234 g/mol. The summed E-state index contributed by atoms with van der Waals surface area (Å²) in [7, 11) is 0. The van der Waals surface area contributed by atoms with Gasteiger partial charge < -0.3 is 10.1 Å². The number of esters is 1. The van der Waals surface area contributed by atoms with Crippen molar-refractivity contribution in [2.75, 3.05) is 6.61 Å². The molecule has 0 aliphatic rings. The van der Waals surface area contributed by atoms with Crippen molar-refractivity contribution in [2.24, 2.45) is 0 Å². The van der Waals surface area contributed by atoms with Gasteiger partial charge in [-0.15, -0.1) is 0 Å². The lowest BCUT2D eigenvalue weighted by Crippen LogP contribution is -2.32. The molecule has 0 aliphatic carbocycles. The zero-order chi connectivity index (χ0) is 12.8. The van der Waals surface area contributed by atoms with Crippen LogP contribution in [0.3, 0.4) is 0 Å². The van der Waals surface area contributed by atoms with Crippen molar-refractivity contribution >= 4 is 11.9 Å². The van der Waals surface area contributed by atoms with Crippen LogP contribution in [0.2, 0.25) is 0 Å². The summed E-state index contributed by atoms with van der Waals surface area (Å²) in [6.45, 7) is 1.30. The fourth-order valence-corrected chi connectivity index (χ4v) is 1.01.